The zero-order valence-corrected chi connectivity index (χ0v) is 12.0. The lowest BCUT2D eigenvalue weighted by Crippen LogP contribution is -2.24. The first-order valence-corrected chi connectivity index (χ1v) is 7.10. The molecule has 1 atom stereocenters. The molecule has 0 bridgehead atoms. The predicted molar refractivity (Wildman–Crippen MR) is 85.7 cm³/mol. The Morgan fingerprint density at radius 3 is 2.48 bits per heavy atom. The summed E-state index contributed by atoms with van der Waals surface area (Å²) in [5, 5.41) is 1.17. The Bertz CT molecular complexity index is 774. The fourth-order valence-corrected chi connectivity index (χ4v) is 2.62. The topological polar surface area (TPSA) is 48.0 Å². The van der Waals surface area contributed by atoms with E-state index in [0.29, 0.717) is 6.54 Å². The molecule has 1 aromatic heterocycles. The number of hydrogen-bond acceptors (Lipinski definition) is 1. The van der Waals surface area contributed by atoms with E-state index in [9.17, 15) is 4.79 Å². The van der Waals surface area contributed by atoms with Crippen LogP contribution in [0, 0.1) is 5.92 Å². The van der Waals surface area contributed by atoms with E-state index in [4.69, 9.17) is 5.73 Å². The van der Waals surface area contributed by atoms with E-state index in [1.54, 1.807) is 0 Å². The highest BCUT2D eigenvalue weighted by molar-refractivity contribution is 5.87. The van der Waals surface area contributed by atoms with Gasteiger partial charge in [0.25, 0.3) is 0 Å². The highest BCUT2D eigenvalue weighted by Gasteiger charge is 2.15. The smallest absolute Gasteiger partial charge is 0.222 e. The Hall–Kier alpha value is -2.55. The van der Waals surface area contributed by atoms with Gasteiger partial charge in [0.15, 0.2) is 0 Å². The van der Waals surface area contributed by atoms with E-state index in [2.05, 4.69) is 34.9 Å². The quantitative estimate of drug-likeness (QED) is 0.781. The van der Waals surface area contributed by atoms with Crippen molar-refractivity contribution in [2.45, 2.75) is 13.5 Å². The minimum atomic E-state index is -0.271. The van der Waals surface area contributed by atoms with Crippen LogP contribution in [-0.4, -0.2) is 10.5 Å². The Morgan fingerprint density at radius 1 is 1.10 bits per heavy atom. The Morgan fingerprint density at radius 2 is 1.76 bits per heavy atom. The summed E-state index contributed by atoms with van der Waals surface area (Å²) in [6.45, 7) is 2.46. The predicted octanol–water partition coefficient (Wildman–Crippen LogP) is 3.43. The molecule has 3 nitrogen and oxygen atoms in total. The fraction of sp³-hybridized carbons (Fsp3) is 0.167. The van der Waals surface area contributed by atoms with Gasteiger partial charge in [0.05, 0.1) is 5.92 Å². The Kier molecular flexibility index (Phi) is 3.48. The summed E-state index contributed by atoms with van der Waals surface area (Å²) in [5.74, 6) is -0.477. The molecule has 1 unspecified atom stereocenters. The van der Waals surface area contributed by atoms with Gasteiger partial charge in [0.1, 0.15) is 0 Å². The molecular formula is C18H18N2O. The van der Waals surface area contributed by atoms with Crippen molar-refractivity contribution < 1.29 is 4.79 Å². The number of carbonyl (C=O) groups excluding carboxylic acids is 1. The molecule has 0 aliphatic carbocycles. The minimum Gasteiger partial charge on any atom is -0.369 e. The van der Waals surface area contributed by atoms with Crippen molar-refractivity contribution in [1.29, 1.82) is 0 Å². The molecular weight excluding hydrogens is 260 g/mol. The van der Waals surface area contributed by atoms with Gasteiger partial charge in [-0.25, -0.2) is 0 Å². The van der Waals surface area contributed by atoms with Crippen LogP contribution in [0.3, 0.4) is 0 Å². The largest absolute Gasteiger partial charge is 0.369 e. The van der Waals surface area contributed by atoms with Crippen molar-refractivity contribution in [2.24, 2.45) is 11.7 Å². The number of benzene rings is 2. The summed E-state index contributed by atoms with van der Waals surface area (Å²) < 4.78 is 2.18. The summed E-state index contributed by atoms with van der Waals surface area (Å²) >= 11 is 0. The average molecular weight is 278 g/mol. The lowest BCUT2D eigenvalue weighted by atomic mass is 10.1. The first-order chi connectivity index (χ1) is 10.2. The van der Waals surface area contributed by atoms with Crippen molar-refractivity contribution in [3.05, 3.63) is 60.7 Å². The molecule has 0 saturated heterocycles. The molecule has 2 N–H and O–H groups in total. The van der Waals surface area contributed by atoms with E-state index in [0.717, 1.165) is 16.8 Å². The lowest BCUT2D eigenvalue weighted by Gasteiger charge is -2.14. The van der Waals surface area contributed by atoms with Crippen LogP contribution < -0.4 is 5.73 Å². The third-order valence-corrected chi connectivity index (χ3v) is 3.82. The summed E-state index contributed by atoms with van der Waals surface area (Å²) in [4.78, 5) is 11.4. The number of aromatic nitrogens is 1. The van der Waals surface area contributed by atoms with Crippen LogP contribution in [-0.2, 0) is 11.3 Å². The van der Waals surface area contributed by atoms with Gasteiger partial charge in [-0.2, -0.15) is 0 Å². The second-order valence-electron chi connectivity index (χ2n) is 5.37. The summed E-state index contributed by atoms with van der Waals surface area (Å²) in [5.41, 5.74) is 8.82. The van der Waals surface area contributed by atoms with Crippen molar-refractivity contribution in [1.82, 2.24) is 4.57 Å². The maximum Gasteiger partial charge on any atom is 0.222 e. The number of fused-ring (bicyclic) bond motifs is 1. The molecule has 3 aromatic rings. The number of rotatable bonds is 4. The van der Waals surface area contributed by atoms with Crippen LogP contribution >= 0.6 is 0 Å². The maximum absolute atomic E-state index is 11.4. The molecule has 3 rings (SSSR count). The molecule has 0 aliphatic heterocycles. The SMILES string of the molecule is CC(Cn1c(-c2ccccc2)cc2ccccc21)C(N)=O. The van der Waals surface area contributed by atoms with Crippen LogP contribution in [0.15, 0.2) is 60.7 Å². The van der Waals surface area contributed by atoms with E-state index >= 15 is 0 Å². The third kappa shape index (κ3) is 2.55. The van der Waals surface area contributed by atoms with Crippen LogP contribution in [0.1, 0.15) is 6.92 Å². The number of nitrogens with zero attached hydrogens (tertiary/aromatic N) is 1. The molecule has 2 aromatic carbocycles. The van der Waals surface area contributed by atoms with Crippen LogP contribution in [0.2, 0.25) is 0 Å². The summed E-state index contributed by atoms with van der Waals surface area (Å²) in [6.07, 6.45) is 0. The highest BCUT2D eigenvalue weighted by atomic mass is 16.1. The molecule has 0 saturated carbocycles. The molecule has 0 fully saturated rings. The van der Waals surface area contributed by atoms with Crippen molar-refractivity contribution >= 4 is 16.8 Å². The number of amides is 1. The molecule has 0 radical (unpaired) electrons. The Labute approximate surface area is 124 Å². The van der Waals surface area contributed by atoms with E-state index in [-0.39, 0.29) is 11.8 Å². The fourth-order valence-electron chi connectivity index (χ4n) is 2.62. The van der Waals surface area contributed by atoms with Crippen molar-refractivity contribution in [3.63, 3.8) is 0 Å². The Balaban J connectivity index is 2.17. The average Bonchev–Trinajstić information content (AvgIpc) is 2.87. The van der Waals surface area contributed by atoms with Gasteiger partial charge in [-0.05, 0) is 17.7 Å². The van der Waals surface area contributed by atoms with Crippen molar-refractivity contribution in [2.75, 3.05) is 0 Å². The van der Waals surface area contributed by atoms with Gasteiger partial charge in [-0.1, -0.05) is 55.5 Å². The first kappa shape index (κ1) is 13.4. The second kappa shape index (κ2) is 5.44. The van der Waals surface area contributed by atoms with Gasteiger partial charge in [-0.3, -0.25) is 4.79 Å². The van der Waals surface area contributed by atoms with Crippen LogP contribution in [0.5, 0.6) is 0 Å². The molecule has 106 valence electrons. The lowest BCUT2D eigenvalue weighted by molar-refractivity contribution is -0.121. The molecule has 0 spiro atoms. The number of nitrogens with two attached hydrogens (primary N) is 1. The molecule has 0 aliphatic rings. The summed E-state index contributed by atoms with van der Waals surface area (Å²) in [6, 6.07) is 20.6. The van der Waals surface area contributed by atoms with Crippen LogP contribution in [0.4, 0.5) is 0 Å². The molecule has 1 heterocycles. The monoisotopic (exact) mass is 278 g/mol. The zero-order chi connectivity index (χ0) is 14.8. The normalized spacial score (nSPS) is 12.4. The molecule has 3 heteroatoms. The molecule has 1 amide bonds. The number of carbonyl (C=O) groups is 1. The van der Waals surface area contributed by atoms with Crippen LogP contribution in [0.25, 0.3) is 22.2 Å². The van der Waals surface area contributed by atoms with E-state index in [1.165, 1.54) is 5.39 Å². The maximum atomic E-state index is 11.4. The van der Waals surface area contributed by atoms with E-state index in [1.807, 2.05) is 37.3 Å². The number of primary amides is 1. The number of para-hydroxylation sites is 1. The van der Waals surface area contributed by atoms with Gasteiger partial charge < -0.3 is 10.3 Å². The number of hydrogen-bond donors (Lipinski definition) is 1. The molecule has 21 heavy (non-hydrogen) atoms. The van der Waals surface area contributed by atoms with Gasteiger partial charge >= 0.3 is 0 Å². The van der Waals surface area contributed by atoms with Gasteiger partial charge in [0, 0.05) is 23.1 Å². The first-order valence-electron chi connectivity index (χ1n) is 7.10. The summed E-state index contributed by atoms with van der Waals surface area (Å²) in [7, 11) is 0. The zero-order valence-electron chi connectivity index (χ0n) is 12.0. The van der Waals surface area contributed by atoms with Crippen molar-refractivity contribution in [3.8, 4) is 11.3 Å². The van der Waals surface area contributed by atoms with Gasteiger partial charge in [-0.15, -0.1) is 0 Å². The van der Waals surface area contributed by atoms with Gasteiger partial charge in [0.2, 0.25) is 5.91 Å². The minimum absolute atomic E-state index is 0.205. The third-order valence-electron chi connectivity index (χ3n) is 3.82. The second-order valence-corrected chi connectivity index (χ2v) is 5.37. The highest BCUT2D eigenvalue weighted by Crippen LogP contribution is 2.29. The van der Waals surface area contributed by atoms with E-state index < -0.39 is 0 Å². The standard InChI is InChI=1S/C18H18N2O/c1-13(18(19)21)12-20-16-10-6-5-9-15(16)11-17(20)14-7-3-2-4-8-14/h2-11,13H,12H2,1H3,(H2,19,21).